The van der Waals surface area contributed by atoms with E-state index in [2.05, 4.69) is 12.1 Å². The van der Waals surface area contributed by atoms with Crippen LogP contribution in [0.25, 0.3) is 0 Å². The van der Waals surface area contributed by atoms with Crippen LogP contribution in [0.15, 0.2) is 60.7 Å². The maximum Gasteiger partial charge on any atom is 0.313 e. The van der Waals surface area contributed by atoms with E-state index in [1.165, 1.54) is 11.1 Å². The van der Waals surface area contributed by atoms with Crippen LogP contribution >= 0.6 is 11.6 Å². The molecule has 0 aromatic heterocycles. The van der Waals surface area contributed by atoms with Gasteiger partial charge in [0.1, 0.15) is 17.2 Å². The second-order valence-corrected chi connectivity index (χ2v) is 9.54. The molecule has 1 aliphatic carbocycles. The Bertz CT molecular complexity index is 1260. The highest BCUT2D eigenvalue weighted by molar-refractivity contribution is 6.32. The average molecular weight is 506 g/mol. The molecule has 0 fully saturated rings. The number of carbonyl (C=O) groups is 2. The summed E-state index contributed by atoms with van der Waals surface area (Å²) in [6.45, 7) is 2.52. The molecule has 1 aliphatic heterocycles. The first-order valence-corrected chi connectivity index (χ1v) is 12.6. The third-order valence-electron chi connectivity index (χ3n) is 6.90. The molecule has 1 heterocycles. The predicted octanol–water partition coefficient (Wildman–Crippen LogP) is 5.80. The second kappa shape index (κ2) is 10.2. The van der Waals surface area contributed by atoms with Gasteiger partial charge in [-0.3, -0.25) is 9.59 Å². The Morgan fingerprint density at radius 3 is 2.42 bits per heavy atom. The lowest BCUT2D eigenvalue weighted by molar-refractivity contribution is -0.145. The molecule has 1 amide bonds. The number of benzene rings is 3. The third-order valence-corrected chi connectivity index (χ3v) is 7.20. The molecule has 5 rings (SSSR count). The van der Waals surface area contributed by atoms with Crippen LogP contribution in [0.5, 0.6) is 17.2 Å². The van der Waals surface area contributed by atoms with E-state index in [-0.39, 0.29) is 17.9 Å². The zero-order valence-electron chi connectivity index (χ0n) is 20.3. The molecule has 0 saturated carbocycles. The van der Waals surface area contributed by atoms with Crippen molar-refractivity contribution in [1.82, 2.24) is 4.90 Å². The summed E-state index contributed by atoms with van der Waals surface area (Å²) < 4.78 is 17.0. The van der Waals surface area contributed by atoms with E-state index in [0.717, 1.165) is 12.8 Å². The summed E-state index contributed by atoms with van der Waals surface area (Å²) in [6, 6.07) is 18.9. The molecule has 0 N–H and O–H groups in total. The van der Waals surface area contributed by atoms with Crippen LogP contribution < -0.4 is 9.47 Å². The summed E-state index contributed by atoms with van der Waals surface area (Å²) in [5, 5.41) is 0.370. The van der Waals surface area contributed by atoms with E-state index < -0.39 is 5.92 Å². The normalized spacial score (nSPS) is 16.5. The molecule has 0 radical (unpaired) electrons. The largest absolute Gasteiger partial charge is 0.493 e. The minimum Gasteiger partial charge on any atom is -0.493 e. The van der Waals surface area contributed by atoms with Gasteiger partial charge in [-0.2, -0.15) is 0 Å². The highest BCUT2D eigenvalue weighted by Gasteiger charge is 2.31. The number of likely N-dealkylation sites (N-methyl/N-ethyl adjacent to an activating group) is 1. The van der Waals surface area contributed by atoms with Crippen LogP contribution in [0.2, 0.25) is 5.02 Å². The van der Waals surface area contributed by atoms with Crippen LogP contribution in [0, 0.1) is 0 Å². The smallest absolute Gasteiger partial charge is 0.313 e. The van der Waals surface area contributed by atoms with Crippen molar-refractivity contribution in [3.05, 3.63) is 87.9 Å². The maximum atomic E-state index is 13.1. The number of carbonyl (C=O) groups excluding carboxylic acids is 2. The SMILES string of the molecule is CCOC(=O)C1CCOc2cc(Oc3ccc(C(=O)N(C)C4Cc5ccccc5C4)cc3)c(Cl)cc21. The van der Waals surface area contributed by atoms with Gasteiger partial charge in [-0.15, -0.1) is 0 Å². The lowest BCUT2D eigenvalue weighted by atomic mass is 9.93. The highest BCUT2D eigenvalue weighted by atomic mass is 35.5. The summed E-state index contributed by atoms with van der Waals surface area (Å²) in [5.74, 6) is 0.810. The van der Waals surface area contributed by atoms with Gasteiger partial charge in [0, 0.05) is 30.3 Å². The van der Waals surface area contributed by atoms with Gasteiger partial charge in [-0.05, 0) is 67.6 Å². The molecule has 0 spiro atoms. The first-order chi connectivity index (χ1) is 17.4. The topological polar surface area (TPSA) is 65.1 Å². The number of rotatable bonds is 6. The molecule has 6 nitrogen and oxygen atoms in total. The van der Waals surface area contributed by atoms with Crippen molar-refractivity contribution >= 4 is 23.5 Å². The van der Waals surface area contributed by atoms with E-state index in [9.17, 15) is 9.59 Å². The molecule has 2 aliphatic rings. The van der Waals surface area contributed by atoms with Gasteiger partial charge in [-0.1, -0.05) is 35.9 Å². The standard InChI is InChI=1S/C29H28ClNO5/c1-3-34-29(33)23-12-13-35-26-17-27(25(30)16-24(23)26)36-22-10-8-18(9-11-22)28(32)31(2)21-14-19-6-4-5-7-20(19)15-21/h4-11,16-17,21,23H,3,12-15H2,1-2H3. The summed E-state index contributed by atoms with van der Waals surface area (Å²) in [4.78, 5) is 27.3. The summed E-state index contributed by atoms with van der Waals surface area (Å²) >= 11 is 6.50. The van der Waals surface area contributed by atoms with Crippen molar-refractivity contribution < 1.29 is 23.8 Å². The third kappa shape index (κ3) is 4.78. The first kappa shape index (κ1) is 24.2. The molecular weight excluding hydrogens is 478 g/mol. The van der Waals surface area contributed by atoms with E-state index >= 15 is 0 Å². The Labute approximate surface area is 215 Å². The van der Waals surface area contributed by atoms with E-state index in [1.807, 2.05) is 24.1 Å². The van der Waals surface area contributed by atoms with Crippen LogP contribution in [-0.2, 0) is 22.4 Å². The summed E-state index contributed by atoms with van der Waals surface area (Å²) in [7, 11) is 1.86. The van der Waals surface area contributed by atoms with Crippen molar-refractivity contribution in [3.8, 4) is 17.2 Å². The van der Waals surface area contributed by atoms with Crippen molar-refractivity contribution in [1.29, 1.82) is 0 Å². The maximum absolute atomic E-state index is 13.1. The molecule has 1 unspecified atom stereocenters. The lowest BCUT2D eigenvalue weighted by Gasteiger charge is -2.25. The van der Waals surface area contributed by atoms with Gasteiger partial charge in [0.05, 0.1) is 24.2 Å². The molecule has 7 heteroatoms. The fourth-order valence-corrected chi connectivity index (χ4v) is 5.14. The summed E-state index contributed by atoms with van der Waals surface area (Å²) in [6.07, 6.45) is 2.28. The molecule has 1 atom stereocenters. The average Bonchev–Trinajstić information content (AvgIpc) is 3.33. The monoisotopic (exact) mass is 505 g/mol. The lowest BCUT2D eigenvalue weighted by Crippen LogP contribution is -2.37. The van der Waals surface area contributed by atoms with Crippen molar-refractivity contribution in [2.75, 3.05) is 20.3 Å². The Balaban J connectivity index is 1.27. The van der Waals surface area contributed by atoms with Gasteiger partial charge in [0.15, 0.2) is 0 Å². The molecule has 186 valence electrons. The zero-order valence-corrected chi connectivity index (χ0v) is 21.1. The Kier molecular flexibility index (Phi) is 6.88. The van der Waals surface area contributed by atoms with E-state index in [4.69, 9.17) is 25.8 Å². The molecule has 3 aromatic rings. The van der Waals surface area contributed by atoms with Crippen LogP contribution in [0.3, 0.4) is 0 Å². The van der Waals surface area contributed by atoms with Crippen LogP contribution in [-0.4, -0.2) is 43.1 Å². The number of fused-ring (bicyclic) bond motifs is 2. The van der Waals surface area contributed by atoms with E-state index in [0.29, 0.717) is 53.0 Å². The minimum absolute atomic E-state index is 0.0235. The van der Waals surface area contributed by atoms with Crippen molar-refractivity contribution in [3.63, 3.8) is 0 Å². The fourth-order valence-electron chi connectivity index (χ4n) is 4.93. The molecule has 3 aromatic carbocycles. The summed E-state index contributed by atoms with van der Waals surface area (Å²) in [5.41, 5.74) is 3.92. The van der Waals surface area contributed by atoms with Crippen molar-refractivity contribution in [2.45, 2.75) is 38.1 Å². The number of esters is 1. The zero-order chi connectivity index (χ0) is 25.2. The van der Waals surface area contributed by atoms with Gasteiger partial charge >= 0.3 is 5.97 Å². The fraction of sp³-hybridized carbons (Fsp3) is 0.310. The highest BCUT2D eigenvalue weighted by Crippen LogP contribution is 2.42. The Morgan fingerprint density at radius 2 is 1.75 bits per heavy atom. The number of nitrogens with zero attached hydrogens (tertiary/aromatic N) is 1. The number of hydrogen-bond acceptors (Lipinski definition) is 5. The first-order valence-electron chi connectivity index (χ1n) is 12.2. The minimum atomic E-state index is -0.407. The Hall–Kier alpha value is -3.51. The number of halogens is 1. The van der Waals surface area contributed by atoms with Gasteiger partial charge < -0.3 is 19.1 Å². The molecule has 0 bridgehead atoms. The van der Waals surface area contributed by atoms with Crippen molar-refractivity contribution in [2.24, 2.45) is 0 Å². The number of hydrogen-bond donors (Lipinski definition) is 0. The van der Waals surface area contributed by atoms with E-state index in [1.54, 1.807) is 43.3 Å². The molecular formula is C29H28ClNO5. The van der Waals surface area contributed by atoms with Gasteiger partial charge in [-0.25, -0.2) is 0 Å². The van der Waals surface area contributed by atoms with Gasteiger partial charge in [0.25, 0.3) is 5.91 Å². The number of ether oxygens (including phenoxy) is 3. The second-order valence-electron chi connectivity index (χ2n) is 9.14. The molecule has 36 heavy (non-hydrogen) atoms. The quantitative estimate of drug-likeness (QED) is 0.396. The van der Waals surface area contributed by atoms with Gasteiger partial charge in [0.2, 0.25) is 0 Å². The predicted molar refractivity (Wildman–Crippen MR) is 137 cm³/mol. The number of amides is 1. The molecule has 0 saturated heterocycles. The Morgan fingerprint density at radius 1 is 1.06 bits per heavy atom. The van der Waals surface area contributed by atoms with Crippen LogP contribution in [0.4, 0.5) is 0 Å². The van der Waals surface area contributed by atoms with Crippen LogP contribution in [0.1, 0.15) is 46.3 Å².